The number of benzene rings is 2. The number of aryl methyl sites for hydroxylation is 1. The van der Waals surface area contributed by atoms with Gasteiger partial charge in [-0.2, -0.15) is 0 Å². The SMILES string of the molecule is O=S(=O)(CCc1ccccc1)NCC1(Sc2ccccc2)CCOCC1. The van der Waals surface area contributed by atoms with E-state index in [1.54, 1.807) is 11.8 Å². The molecule has 0 radical (unpaired) electrons. The minimum absolute atomic E-state index is 0.111. The summed E-state index contributed by atoms with van der Waals surface area (Å²) < 4.78 is 33.2. The minimum atomic E-state index is -3.31. The Kier molecular flexibility index (Phi) is 6.75. The monoisotopic (exact) mass is 391 g/mol. The van der Waals surface area contributed by atoms with E-state index >= 15 is 0 Å². The fourth-order valence-corrected chi connectivity index (χ4v) is 5.55. The molecule has 0 atom stereocenters. The molecule has 0 aromatic heterocycles. The molecule has 1 aliphatic heterocycles. The first-order valence-electron chi connectivity index (χ1n) is 8.90. The second kappa shape index (κ2) is 9.04. The summed E-state index contributed by atoms with van der Waals surface area (Å²) >= 11 is 1.76. The van der Waals surface area contributed by atoms with E-state index in [2.05, 4.69) is 16.9 Å². The third-order valence-corrected chi connectivity index (χ3v) is 7.42. The van der Waals surface area contributed by atoms with Crippen molar-refractivity contribution in [3.63, 3.8) is 0 Å². The molecule has 1 saturated heterocycles. The standard InChI is InChI=1S/C20H25NO3S2/c22-26(23,16-11-18-7-3-1-4-8-18)21-17-20(12-14-24-15-13-20)25-19-9-5-2-6-10-19/h1-10,21H,11-17H2. The molecule has 0 amide bonds. The van der Waals surface area contributed by atoms with Crippen molar-refractivity contribution in [3.05, 3.63) is 66.2 Å². The number of rotatable bonds is 8. The number of ether oxygens (including phenoxy) is 1. The highest BCUT2D eigenvalue weighted by Crippen LogP contribution is 2.40. The Morgan fingerprint density at radius 3 is 2.23 bits per heavy atom. The molecule has 6 heteroatoms. The molecule has 0 saturated carbocycles. The highest BCUT2D eigenvalue weighted by molar-refractivity contribution is 8.00. The second-order valence-corrected chi connectivity index (χ2v) is 10.1. The summed E-state index contributed by atoms with van der Waals surface area (Å²) in [6, 6.07) is 19.9. The quantitative estimate of drug-likeness (QED) is 0.748. The van der Waals surface area contributed by atoms with Crippen LogP contribution in [0.1, 0.15) is 18.4 Å². The van der Waals surface area contributed by atoms with Crippen LogP contribution >= 0.6 is 11.8 Å². The number of sulfonamides is 1. The van der Waals surface area contributed by atoms with Crippen LogP contribution in [0.5, 0.6) is 0 Å². The lowest BCUT2D eigenvalue weighted by Crippen LogP contribution is -2.45. The predicted octanol–water partition coefficient (Wildman–Crippen LogP) is 3.49. The molecule has 1 aliphatic rings. The lowest BCUT2D eigenvalue weighted by Gasteiger charge is -2.36. The topological polar surface area (TPSA) is 55.4 Å². The zero-order valence-electron chi connectivity index (χ0n) is 14.8. The van der Waals surface area contributed by atoms with Crippen LogP contribution in [0.3, 0.4) is 0 Å². The largest absolute Gasteiger partial charge is 0.381 e. The minimum Gasteiger partial charge on any atom is -0.381 e. The molecule has 26 heavy (non-hydrogen) atoms. The van der Waals surface area contributed by atoms with Crippen molar-refractivity contribution in [3.8, 4) is 0 Å². The van der Waals surface area contributed by atoms with Crippen molar-refractivity contribution >= 4 is 21.8 Å². The molecule has 2 aromatic carbocycles. The van der Waals surface area contributed by atoms with Crippen LogP contribution in [0, 0.1) is 0 Å². The Labute approximate surface area is 160 Å². The van der Waals surface area contributed by atoms with Crippen LogP contribution in [0.15, 0.2) is 65.6 Å². The van der Waals surface area contributed by atoms with Gasteiger partial charge < -0.3 is 4.74 Å². The molecule has 1 N–H and O–H groups in total. The third-order valence-electron chi connectivity index (χ3n) is 4.60. The predicted molar refractivity (Wildman–Crippen MR) is 107 cm³/mol. The molecule has 0 aliphatic carbocycles. The van der Waals surface area contributed by atoms with E-state index in [4.69, 9.17) is 4.74 Å². The second-order valence-electron chi connectivity index (χ2n) is 6.59. The van der Waals surface area contributed by atoms with Gasteiger partial charge in [0.2, 0.25) is 10.0 Å². The fourth-order valence-electron chi connectivity index (χ4n) is 3.01. The van der Waals surface area contributed by atoms with E-state index in [9.17, 15) is 8.42 Å². The van der Waals surface area contributed by atoms with Crippen molar-refractivity contribution in [1.82, 2.24) is 4.72 Å². The molecule has 1 fully saturated rings. The zero-order valence-corrected chi connectivity index (χ0v) is 16.4. The van der Waals surface area contributed by atoms with E-state index in [1.165, 1.54) is 0 Å². The summed E-state index contributed by atoms with van der Waals surface area (Å²) in [4.78, 5) is 1.16. The van der Waals surface area contributed by atoms with Gasteiger partial charge in [-0.1, -0.05) is 48.5 Å². The Hall–Kier alpha value is -1.34. The van der Waals surface area contributed by atoms with Crippen molar-refractivity contribution in [2.24, 2.45) is 0 Å². The van der Waals surface area contributed by atoms with Gasteiger partial charge in [-0.3, -0.25) is 0 Å². The Bertz CT molecular complexity index is 773. The molecular formula is C20H25NO3S2. The highest BCUT2D eigenvalue weighted by atomic mass is 32.2. The molecule has 0 unspecified atom stereocenters. The zero-order chi connectivity index (χ0) is 18.3. The van der Waals surface area contributed by atoms with Gasteiger partial charge in [-0.05, 0) is 37.0 Å². The molecule has 140 valence electrons. The summed E-state index contributed by atoms with van der Waals surface area (Å²) in [6.07, 6.45) is 2.21. The highest BCUT2D eigenvalue weighted by Gasteiger charge is 2.35. The van der Waals surface area contributed by atoms with Crippen molar-refractivity contribution in [1.29, 1.82) is 0 Å². The first kappa shape index (κ1) is 19.4. The smallest absolute Gasteiger partial charge is 0.211 e. The molecule has 3 rings (SSSR count). The summed E-state index contributed by atoms with van der Waals surface area (Å²) in [6.45, 7) is 1.78. The van der Waals surface area contributed by atoms with Gasteiger partial charge in [0.25, 0.3) is 0 Å². The molecular weight excluding hydrogens is 366 g/mol. The third kappa shape index (κ3) is 5.84. The van der Waals surface area contributed by atoms with Crippen LogP contribution in [0.2, 0.25) is 0 Å². The van der Waals surface area contributed by atoms with E-state index in [0.29, 0.717) is 26.2 Å². The molecule has 4 nitrogen and oxygen atoms in total. The van der Waals surface area contributed by atoms with Gasteiger partial charge in [0, 0.05) is 29.4 Å². The van der Waals surface area contributed by atoms with Gasteiger partial charge in [0.1, 0.15) is 0 Å². The summed E-state index contributed by atoms with van der Waals surface area (Å²) in [7, 11) is -3.31. The van der Waals surface area contributed by atoms with Gasteiger partial charge in [0.05, 0.1) is 5.75 Å². The van der Waals surface area contributed by atoms with Gasteiger partial charge in [0.15, 0.2) is 0 Å². The Balaban J connectivity index is 1.61. The maximum Gasteiger partial charge on any atom is 0.211 e. The van der Waals surface area contributed by atoms with Gasteiger partial charge in [-0.25, -0.2) is 13.1 Å². The normalized spacial score (nSPS) is 17.1. The molecule has 0 bridgehead atoms. The van der Waals surface area contributed by atoms with Crippen molar-refractivity contribution in [2.45, 2.75) is 28.9 Å². The average molecular weight is 392 g/mol. The van der Waals surface area contributed by atoms with E-state index in [0.717, 1.165) is 23.3 Å². The van der Waals surface area contributed by atoms with Crippen LogP contribution in [-0.2, 0) is 21.2 Å². The molecule has 2 aromatic rings. The van der Waals surface area contributed by atoms with E-state index < -0.39 is 10.0 Å². The Morgan fingerprint density at radius 2 is 1.58 bits per heavy atom. The first-order chi connectivity index (χ1) is 12.6. The van der Waals surface area contributed by atoms with Crippen molar-refractivity contribution in [2.75, 3.05) is 25.5 Å². The lowest BCUT2D eigenvalue weighted by molar-refractivity contribution is 0.0784. The number of thioether (sulfide) groups is 1. The van der Waals surface area contributed by atoms with E-state index in [-0.39, 0.29) is 10.5 Å². The summed E-state index contributed by atoms with van der Waals surface area (Å²) in [5, 5.41) is 0. The van der Waals surface area contributed by atoms with Crippen LogP contribution in [-0.4, -0.2) is 38.7 Å². The first-order valence-corrected chi connectivity index (χ1v) is 11.4. The van der Waals surface area contributed by atoms with Crippen LogP contribution in [0.25, 0.3) is 0 Å². The Morgan fingerprint density at radius 1 is 0.962 bits per heavy atom. The maximum atomic E-state index is 12.5. The van der Waals surface area contributed by atoms with Crippen molar-refractivity contribution < 1.29 is 13.2 Å². The molecule has 1 heterocycles. The molecule has 0 spiro atoms. The van der Waals surface area contributed by atoms with E-state index in [1.807, 2.05) is 48.5 Å². The number of hydrogen-bond acceptors (Lipinski definition) is 4. The van der Waals surface area contributed by atoms with Gasteiger partial charge in [-0.15, -0.1) is 11.8 Å². The summed E-state index contributed by atoms with van der Waals surface area (Å²) in [5.74, 6) is 0.111. The van der Waals surface area contributed by atoms with Crippen LogP contribution < -0.4 is 4.72 Å². The van der Waals surface area contributed by atoms with Crippen LogP contribution in [0.4, 0.5) is 0 Å². The number of nitrogens with one attached hydrogen (secondary N) is 1. The average Bonchev–Trinajstić information content (AvgIpc) is 2.68. The lowest BCUT2D eigenvalue weighted by atomic mass is 9.99. The summed E-state index contributed by atoms with van der Waals surface area (Å²) in [5.41, 5.74) is 1.04. The number of hydrogen-bond donors (Lipinski definition) is 1. The maximum absolute atomic E-state index is 12.5. The van der Waals surface area contributed by atoms with Gasteiger partial charge >= 0.3 is 0 Å². The fraction of sp³-hybridized carbons (Fsp3) is 0.400.